The number of hydrogen-bond donors (Lipinski definition) is 1. The fraction of sp³-hybridized carbons (Fsp3) is 0.500. The summed E-state index contributed by atoms with van der Waals surface area (Å²) >= 11 is 1.52. The predicted molar refractivity (Wildman–Crippen MR) is 83.2 cm³/mol. The summed E-state index contributed by atoms with van der Waals surface area (Å²) in [6, 6.07) is 7.34. The molecule has 1 aromatic heterocycles. The van der Waals surface area contributed by atoms with E-state index in [0.717, 1.165) is 18.7 Å². The number of fused-ring (bicyclic) bond motifs is 1. The maximum Gasteiger partial charge on any atom is 0.0772 e. The molecule has 0 saturated heterocycles. The Labute approximate surface area is 124 Å². The molecule has 1 unspecified atom stereocenters. The molecule has 1 heterocycles. The van der Waals surface area contributed by atoms with Crippen LogP contribution in [0, 0.1) is 6.92 Å². The van der Waals surface area contributed by atoms with Crippen LogP contribution in [0.15, 0.2) is 18.2 Å². The average molecular weight is 287 g/mol. The Morgan fingerprint density at radius 1 is 1.30 bits per heavy atom. The number of hydrogen-bond acceptors (Lipinski definition) is 4. The van der Waals surface area contributed by atoms with Crippen molar-refractivity contribution in [2.24, 2.45) is 0 Å². The van der Waals surface area contributed by atoms with Gasteiger partial charge in [0.2, 0.25) is 0 Å². The fourth-order valence-corrected chi connectivity index (χ4v) is 3.77. The minimum Gasteiger partial charge on any atom is -0.309 e. The number of aryl methyl sites for hydroxylation is 3. The summed E-state index contributed by atoms with van der Waals surface area (Å²) in [4.78, 5) is 1.27. The van der Waals surface area contributed by atoms with Crippen LogP contribution in [0.5, 0.6) is 0 Å². The highest BCUT2D eigenvalue weighted by Gasteiger charge is 2.18. The second-order valence-electron chi connectivity index (χ2n) is 5.49. The first-order valence-electron chi connectivity index (χ1n) is 7.41. The SMILES string of the molecule is CCNC(Cc1ccc2c(c1)CCC2)c1snnc1C. The molecular formula is C16H21N3S. The normalized spacial score (nSPS) is 15.3. The predicted octanol–water partition coefficient (Wildman–Crippen LogP) is 3.23. The van der Waals surface area contributed by atoms with Gasteiger partial charge in [0.05, 0.1) is 10.6 Å². The van der Waals surface area contributed by atoms with Crippen LogP contribution in [0.25, 0.3) is 0 Å². The van der Waals surface area contributed by atoms with E-state index < -0.39 is 0 Å². The first-order valence-corrected chi connectivity index (χ1v) is 8.18. The summed E-state index contributed by atoms with van der Waals surface area (Å²) in [5, 5.41) is 7.72. The fourth-order valence-electron chi connectivity index (χ4n) is 3.05. The Bertz CT molecular complexity index is 591. The van der Waals surface area contributed by atoms with Crippen molar-refractivity contribution in [1.29, 1.82) is 0 Å². The number of rotatable bonds is 5. The van der Waals surface area contributed by atoms with E-state index in [4.69, 9.17) is 0 Å². The number of aromatic nitrogens is 2. The Hall–Kier alpha value is -1.26. The van der Waals surface area contributed by atoms with E-state index in [2.05, 4.69) is 40.0 Å². The lowest BCUT2D eigenvalue weighted by Crippen LogP contribution is -2.22. The Balaban J connectivity index is 1.81. The highest BCUT2D eigenvalue weighted by molar-refractivity contribution is 7.05. The molecule has 0 fully saturated rings. The molecule has 1 aliphatic carbocycles. The van der Waals surface area contributed by atoms with E-state index in [1.807, 2.05) is 6.92 Å². The number of nitrogens with zero attached hydrogens (tertiary/aromatic N) is 2. The first kappa shape index (κ1) is 13.7. The van der Waals surface area contributed by atoms with Gasteiger partial charge in [0.25, 0.3) is 0 Å². The van der Waals surface area contributed by atoms with E-state index >= 15 is 0 Å². The third-order valence-corrected chi connectivity index (χ3v) is 5.00. The van der Waals surface area contributed by atoms with Gasteiger partial charge in [0.15, 0.2) is 0 Å². The zero-order chi connectivity index (χ0) is 13.9. The van der Waals surface area contributed by atoms with Crippen LogP contribution >= 0.6 is 11.5 Å². The van der Waals surface area contributed by atoms with Crippen molar-refractivity contribution < 1.29 is 0 Å². The lowest BCUT2D eigenvalue weighted by molar-refractivity contribution is 0.554. The number of likely N-dealkylation sites (N-methyl/N-ethyl adjacent to an activating group) is 1. The van der Waals surface area contributed by atoms with Crippen molar-refractivity contribution in [1.82, 2.24) is 14.9 Å². The molecule has 20 heavy (non-hydrogen) atoms. The van der Waals surface area contributed by atoms with E-state index in [-0.39, 0.29) is 0 Å². The summed E-state index contributed by atoms with van der Waals surface area (Å²) in [5.74, 6) is 0. The van der Waals surface area contributed by atoms with E-state index in [1.165, 1.54) is 41.2 Å². The van der Waals surface area contributed by atoms with Crippen LogP contribution in [0.1, 0.15) is 46.6 Å². The molecule has 1 aliphatic rings. The van der Waals surface area contributed by atoms with Gasteiger partial charge in [-0.2, -0.15) is 0 Å². The van der Waals surface area contributed by atoms with Gasteiger partial charge in [-0.05, 0) is 67.4 Å². The van der Waals surface area contributed by atoms with Gasteiger partial charge in [-0.25, -0.2) is 0 Å². The van der Waals surface area contributed by atoms with Crippen LogP contribution in [-0.4, -0.2) is 16.1 Å². The first-order chi connectivity index (χ1) is 9.78. The molecule has 1 atom stereocenters. The molecule has 0 radical (unpaired) electrons. The molecule has 3 nitrogen and oxygen atoms in total. The van der Waals surface area contributed by atoms with Gasteiger partial charge in [0, 0.05) is 6.04 Å². The summed E-state index contributed by atoms with van der Waals surface area (Å²) in [6.07, 6.45) is 4.83. The van der Waals surface area contributed by atoms with E-state index in [1.54, 1.807) is 11.1 Å². The molecule has 0 aliphatic heterocycles. The Morgan fingerprint density at radius 3 is 2.90 bits per heavy atom. The van der Waals surface area contributed by atoms with Gasteiger partial charge in [0.1, 0.15) is 0 Å². The average Bonchev–Trinajstić information content (AvgIpc) is 3.06. The smallest absolute Gasteiger partial charge is 0.0772 e. The quantitative estimate of drug-likeness (QED) is 0.917. The van der Waals surface area contributed by atoms with Crippen molar-refractivity contribution >= 4 is 11.5 Å². The molecule has 3 rings (SSSR count). The third-order valence-electron chi connectivity index (χ3n) is 4.06. The largest absolute Gasteiger partial charge is 0.309 e. The molecule has 2 aromatic rings. The molecule has 0 spiro atoms. The van der Waals surface area contributed by atoms with Crippen LogP contribution in [0.3, 0.4) is 0 Å². The number of nitrogens with one attached hydrogen (secondary N) is 1. The van der Waals surface area contributed by atoms with Crippen LogP contribution < -0.4 is 5.32 Å². The summed E-state index contributed by atoms with van der Waals surface area (Å²) < 4.78 is 4.08. The maximum absolute atomic E-state index is 4.15. The van der Waals surface area contributed by atoms with Gasteiger partial charge >= 0.3 is 0 Å². The Kier molecular flexibility index (Phi) is 4.13. The van der Waals surface area contributed by atoms with Gasteiger partial charge in [-0.3, -0.25) is 0 Å². The van der Waals surface area contributed by atoms with Crippen molar-refractivity contribution in [3.63, 3.8) is 0 Å². The van der Waals surface area contributed by atoms with Crippen LogP contribution in [-0.2, 0) is 19.3 Å². The highest BCUT2D eigenvalue weighted by Crippen LogP contribution is 2.27. The van der Waals surface area contributed by atoms with E-state index in [0.29, 0.717) is 6.04 Å². The van der Waals surface area contributed by atoms with Crippen molar-refractivity contribution in [3.05, 3.63) is 45.5 Å². The lowest BCUT2D eigenvalue weighted by Gasteiger charge is -2.17. The highest BCUT2D eigenvalue weighted by atomic mass is 32.1. The van der Waals surface area contributed by atoms with Crippen molar-refractivity contribution in [3.8, 4) is 0 Å². The standard InChI is InChI=1S/C16H21N3S/c1-3-17-15(16-11(2)18-19-20-16)10-12-7-8-13-5-4-6-14(13)9-12/h7-9,15,17H,3-6,10H2,1-2H3. The molecule has 4 heteroatoms. The van der Waals surface area contributed by atoms with Crippen LogP contribution in [0.4, 0.5) is 0 Å². The maximum atomic E-state index is 4.15. The molecular weight excluding hydrogens is 266 g/mol. The molecule has 0 saturated carbocycles. The minimum absolute atomic E-state index is 0.333. The zero-order valence-electron chi connectivity index (χ0n) is 12.1. The minimum atomic E-state index is 0.333. The molecule has 1 N–H and O–H groups in total. The topological polar surface area (TPSA) is 37.8 Å². The summed E-state index contributed by atoms with van der Waals surface area (Å²) in [7, 11) is 0. The molecule has 106 valence electrons. The zero-order valence-corrected chi connectivity index (χ0v) is 13.0. The van der Waals surface area contributed by atoms with Gasteiger partial charge < -0.3 is 5.32 Å². The van der Waals surface area contributed by atoms with Gasteiger partial charge in [-0.1, -0.05) is 29.6 Å². The second kappa shape index (κ2) is 6.02. The third kappa shape index (κ3) is 2.76. The lowest BCUT2D eigenvalue weighted by atomic mass is 9.99. The van der Waals surface area contributed by atoms with E-state index in [9.17, 15) is 0 Å². The molecule has 0 bridgehead atoms. The second-order valence-corrected chi connectivity index (χ2v) is 6.28. The molecule has 1 aromatic carbocycles. The summed E-state index contributed by atoms with van der Waals surface area (Å²) in [6.45, 7) is 5.16. The van der Waals surface area contributed by atoms with Crippen molar-refractivity contribution in [2.45, 2.75) is 45.6 Å². The molecule has 0 amide bonds. The monoisotopic (exact) mass is 287 g/mol. The number of benzene rings is 1. The van der Waals surface area contributed by atoms with Crippen molar-refractivity contribution in [2.75, 3.05) is 6.54 Å². The van der Waals surface area contributed by atoms with Crippen LogP contribution in [0.2, 0.25) is 0 Å². The Morgan fingerprint density at radius 2 is 2.15 bits per heavy atom. The van der Waals surface area contributed by atoms with Gasteiger partial charge in [-0.15, -0.1) is 5.10 Å². The summed E-state index contributed by atoms with van der Waals surface area (Å²) in [5.41, 5.74) is 5.58.